The third-order valence-electron chi connectivity index (χ3n) is 3.78. The van der Waals surface area contributed by atoms with E-state index in [-0.39, 0.29) is 17.9 Å². The summed E-state index contributed by atoms with van der Waals surface area (Å²) in [6.45, 7) is 1.36. The molecule has 26 heavy (non-hydrogen) atoms. The zero-order chi connectivity index (χ0) is 19.1. The number of esters is 2. The number of rotatable bonds is 8. The lowest BCUT2D eigenvalue weighted by molar-refractivity contribution is -0.383. The van der Waals surface area contributed by atoms with Crippen LogP contribution in [0.2, 0.25) is 0 Å². The lowest BCUT2D eigenvalue weighted by atomic mass is 10.0. The van der Waals surface area contributed by atoms with Crippen LogP contribution in [0.4, 0.5) is 5.69 Å². The molecule has 0 aliphatic rings. The number of carbonyl (C=O) groups is 2. The molecule has 2 aromatic rings. The number of methoxy groups -OCH3 is 1. The average molecular weight is 362 g/mol. The Balaban J connectivity index is 2.02. The first-order valence-electron chi connectivity index (χ1n) is 7.86. The second-order valence-corrected chi connectivity index (χ2v) is 5.35. The van der Waals surface area contributed by atoms with Gasteiger partial charge in [0.1, 0.15) is 11.3 Å². The number of benzene rings is 1. The summed E-state index contributed by atoms with van der Waals surface area (Å²) < 4.78 is 15.0. The Labute approximate surface area is 149 Å². The number of non-ortho nitro benzene ring substituents is 1. The van der Waals surface area contributed by atoms with Crippen LogP contribution in [0.15, 0.2) is 30.5 Å². The number of nitro benzene ring substituents is 1. The first kappa shape index (κ1) is 19.1. The van der Waals surface area contributed by atoms with Gasteiger partial charge in [0.25, 0.3) is 5.69 Å². The fraction of sp³-hybridized carbons (Fsp3) is 0.353. The summed E-state index contributed by atoms with van der Waals surface area (Å²) in [4.78, 5) is 37.9. The monoisotopic (exact) mass is 362 g/mol. The molecule has 0 bridgehead atoms. The molecule has 9 nitrogen and oxygen atoms in total. The van der Waals surface area contributed by atoms with Gasteiger partial charge in [-0.15, -0.1) is 0 Å². The first-order valence-corrected chi connectivity index (χ1v) is 7.86. The van der Waals surface area contributed by atoms with Crippen LogP contribution in [0.5, 0.6) is 5.75 Å². The van der Waals surface area contributed by atoms with Crippen molar-refractivity contribution in [1.82, 2.24) is 4.98 Å². The number of nitro groups is 1. The van der Waals surface area contributed by atoms with E-state index in [0.717, 1.165) is 0 Å². The normalized spacial score (nSPS) is 11.6. The molecule has 2 rings (SSSR count). The van der Waals surface area contributed by atoms with Gasteiger partial charge >= 0.3 is 11.9 Å². The van der Waals surface area contributed by atoms with Crippen molar-refractivity contribution < 1.29 is 28.7 Å². The van der Waals surface area contributed by atoms with E-state index in [1.54, 1.807) is 19.1 Å². The molecule has 138 valence electrons. The molecule has 0 fully saturated rings. The largest absolute Gasteiger partial charge is 0.469 e. The zero-order valence-electron chi connectivity index (χ0n) is 14.3. The highest BCUT2D eigenvalue weighted by Gasteiger charge is 2.22. The Bertz CT molecular complexity index is 822. The fourth-order valence-electron chi connectivity index (χ4n) is 2.39. The summed E-state index contributed by atoms with van der Waals surface area (Å²) in [5.74, 6) is -1.41. The van der Waals surface area contributed by atoms with Crippen LogP contribution >= 0.6 is 0 Å². The molecule has 0 N–H and O–H groups in total. The van der Waals surface area contributed by atoms with Crippen molar-refractivity contribution in [3.8, 4) is 5.75 Å². The molecule has 1 heterocycles. The van der Waals surface area contributed by atoms with Gasteiger partial charge in [0.2, 0.25) is 6.79 Å². The highest BCUT2D eigenvalue weighted by Crippen LogP contribution is 2.31. The lowest BCUT2D eigenvalue weighted by Gasteiger charge is -2.12. The van der Waals surface area contributed by atoms with E-state index in [9.17, 15) is 19.7 Å². The van der Waals surface area contributed by atoms with Gasteiger partial charge in [0, 0.05) is 12.3 Å². The third kappa shape index (κ3) is 4.44. The predicted octanol–water partition coefficient (Wildman–Crippen LogP) is 2.61. The molecular formula is C17H18N2O7. The minimum Gasteiger partial charge on any atom is -0.469 e. The molecule has 0 amide bonds. The van der Waals surface area contributed by atoms with Gasteiger partial charge in [-0.2, -0.15) is 0 Å². The van der Waals surface area contributed by atoms with Gasteiger partial charge in [-0.05, 0) is 24.6 Å². The number of nitrogens with zero attached hydrogens (tertiary/aromatic N) is 2. The summed E-state index contributed by atoms with van der Waals surface area (Å²) >= 11 is 0. The average Bonchev–Trinajstić information content (AvgIpc) is 2.65. The quantitative estimate of drug-likeness (QED) is 0.304. The van der Waals surface area contributed by atoms with Crippen LogP contribution in [-0.4, -0.2) is 35.7 Å². The number of fused-ring (bicyclic) bond motifs is 1. The molecule has 0 spiro atoms. The first-order chi connectivity index (χ1) is 12.5. The van der Waals surface area contributed by atoms with Crippen LogP contribution in [-0.2, 0) is 19.1 Å². The van der Waals surface area contributed by atoms with Gasteiger partial charge in [-0.3, -0.25) is 24.7 Å². The molecule has 9 heteroatoms. The van der Waals surface area contributed by atoms with E-state index in [1.807, 2.05) is 0 Å². The molecule has 1 unspecified atom stereocenters. The van der Waals surface area contributed by atoms with Crippen molar-refractivity contribution in [1.29, 1.82) is 0 Å². The maximum Gasteiger partial charge on any atom is 0.309 e. The Kier molecular flexibility index (Phi) is 6.42. The molecule has 1 aromatic carbocycles. The summed E-state index contributed by atoms with van der Waals surface area (Å²) in [7, 11) is 1.26. The van der Waals surface area contributed by atoms with E-state index in [4.69, 9.17) is 9.47 Å². The van der Waals surface area contributed by atoms with Crippen molar-refractivity contribution in [2.75, 3.05) is 13.9 Å². The van der Waals surface area contributed by atoms with Gasteiger partial charge in [-0.25, -0.2) is 0 Å². The molecule has 0 aliphatic heterocycles. The highest BCUT2D eigenvalue weighted by atomic mass is 16.7. The van der Waals surface area contributed by atoms with Crippen molar-refractivity contribution in [2.45, 2.75) is 19.8 Å². The van der Waals surface area contributed by atoms with E-state index in [2.05, 4.69) is 9.72 Å². The Morgan fingerprint density at radius 1 is 1.31 bits per heavy atom. The summed E-state index contributed by atoms with van der Waals surface area (Å²) in [6.07, 6.45) is 1.80. The van der Waals surface area contributed by atoms with Crippen LogP contribution in [0.3, 0.4) is 0 Å². The van der Waals surface area contributed by atoms with Gasteiger partial charge < -0.3 is 14.2 Å². The van der Waals surface area contributed by atoms with Crippen molar-refractivity contribution in [3.63, 3.8) is 0 Å². The molecule has 1 aromatic heterocycles. The number of pyridine rings is 1. The van der Waals surface area contributed by atoms with Gasteiger partial charge in [-0.1, -0.05) is 6.92 Å². The van der Waals surface area contributed by atoms with E-state index >= 15 is 0 Å². The smallest absolute Gasteiger partial charge is 0.309 e. The molecule has 0 saturated carbocycles. The minimum absolute atomic E-state index is 0.0960. The Morgan fingerprint density at radius 2 is 2.08 bits per heavy atom. The molecule has 0 radical (unpaired) electrons. The zero-order valence-corrected chi connectivity index (χ0v) is 14.3. The van der Waals surface area contributed by atoms with E-state index in [1.165, 1.54) is 25.4 Å². The minimum atomic E-state index is -0.610. The summed E-state index contributed by atoms with van der Waals surface area (Å²) in [5, 5.41) is 11.4. The topological polar surface area (TPSA) is 118 Å². The number of hydrogen-bond acceptors (Lipinski definition) is 8. The second kappa shape index (κ2) is 8.75. The van der Waals surface area contributed by atoms with E-state index in [0.29, 0.717) is 17.3 Å². The predicted molar refractivity (Wildman–Crippen MR) is 90.4 cm³/mol. The van der Waals surface area contributed by atoms with Crippen molar-refractivity contribution >= 4 is 28.5 Å². The van der Waals surface area contributed by atoms with Crippen LogP contribution in [0, 0.1) is 16.0 Å². The van der Waals surface area contributed by atoms with Crippen LogP contribution in [0.25, 0.3) is 10.9 Å². The van der Waals surface area contributed by atoms with Gasteiger partial charge in [0.15, 0.2) is 0 Å². The fourth-order valence-corrected chi connectivity index (χ4v) is 2.39. The number of carbonyl (C=O) groups excluding carboxylic acids is 2. The van der Waals surface area contributed by atoms with Crippen molar-refractivity contribution in [2.24, 2.45) is 5.92 Å². The third-order valence-corrected chi connectivity index (χ3v) is 3.78. The summed E-state index contributed by atoms with van der Waals surface area (Å²) in [6, 6.07) is 5.83. The number of hydrogen-bond donors (Lipinski definition) is 0. The molecular weight excluding hydrogens is 344 g/mol. The molecule has 1 atom stereocenters. The van der Waals surface area contributed by atoms with Crippen LogP contribution < -0.4 is 4.74 Å². The second-order valence-electron chi connectivity index (χ2n) is 5.35. The Morgan fingerprint density at radius 3 is 2.73 bits per heavy atom. The molecule has 0 aliphatic carbocycles. The van der Waals surface area contributed by atoms with E-state index < -0.39 is 29.6 Å². The standard InChI is InChI=1S/C17H18N2O7/c1-3-11(17(21)24-2)9-15(20)26-10-25-14-7-6-13(19(22)23)12-5-4-8-18-16(12)14/h4-8,11H,3,9-10H2,1-2H3. The lowest BCUT2D eigenvalue weighted by Crippen LogP contribution is -2.21. The Hall–Kier alpha value is -3.23. The maximum absolute atomic E-state index is 11.8. The van der Waals surface area contributed by atoms with Crippen LogP contribution in [0.1, 0.15) is 19.8 Å². The van der Waals surface area contributed by atoms with Gasteiger partial charge in [0.05, 0.1) is 29.8 Å². The SMILES string of the molecule is CCC(CC(=O)OCOc1ccc([N+](=O)[O-])c2cccnc12)C(=O)OC. The summed E-state index contributed by atoms with van der Waals surface area (Å²) in [5.41, 5.74) is 0.194. The number of aromatic nitrogens is 1. The number of ether oxygens (including phenoxy) is 3. The van der Waals surface area contributed by atoms with Crippen molar-refractivity contribution in [3.05, 3.63) is 40.6 Å². The highest BCUT2D eigenvalue weighted by molar-refractivity contribution is 5.92. The molecule has 0 saturated heterocycles. The maximum atomic E-state index is 11.8.